The van der Waals surface area contributed by atoms with Gasteiger partial charge in [0, 0.05) is 11.3 Å². The Hall–Kier alpha value is -1.64. The van der Waals surface area contributed by atoms with Gasteiger partial charge in [-0.1, -0.05) is 39.0 Å². The van der Waals surface area contributed by atoms with E-state index >= 15 is 0 Å². The highest BCUT2D eigenvalue weighted by molar-refractivity contribution is 6.45. The zero-order valence-electron chi connectivity index (χ0n) is 11.7. The SMILES string of the molecule is CC1(C)[C@H]2CC[C@@]1(C)C(=O)/C2=N/Nc1ccccc1. The zero-order chi connectivity index (χ0) is 13.7. The first-order chi connectivity index (χ1) is 8.97. The lowest BCUT2D eigenvalue weighted by Gasteiger charge is -2.31. The van der Waals surface area contributed by atoms with Crippen molar-refractivity contribution >= 4 is 17.2 Å². The normalized spacial score (nSPS) is 33.9. The second-order valence-corrected chi connectivity index (χ2v) is 6.45. The minimum Gasteiger partial charge on any atom is -0.292 e. The van der Waals surface area contributed by atoms with Crippen molar-refractivity contribution in [3.63, 3.8) is 0 Å². The average molecular weight is 256 g/mol. The lowest BCUT2D eigenvalue weighted by Crippen LogP contribution is -2.33. The third-order valence-electron chi connectivity index (χ3n) is 5.37. The van der Waals surface area contributed by atoms with E-state index in [0.717, 1.165) is 24.2 Å². The molecule has 0 aromatic heterocycles. The molecule has 1 aromatic carbocycles. The van der Waals surface area contributed by atoms with Crippen molar-refractivity contribution in [1.82, 2.24) is 0 Å². The molecule has 0 aliphatic heterocycles. The molecule has 1 aromatic rings. The van der Waals surface area contributed by atoms with Crippen LogP contribution in [0.25, 0.3) is 0 Å². The van der Waals surface area contributed by atoms with Gasteiger partial charge in [-0.25, -0.2) is 0 Å². The monoisotopic (exact) mass is 256 g/mol. The van der Waals surface area contributed by atoms with Crippen LogP contribution in [0, 0.1) is 16.7 Å². The van der Waals surface area contributed by atoms with Crippen LogP contribution in [0.5, 0.6) is 0 Å². The molecule has 2 aliphatic carbocycles. The van der Waals surface area contributed by atoms with E-state index in [1.54, 1.807) is 0 Å². The molecule has 2 saturated carbocycles. The lowest BCUT2D eigenvalue weighted by molar-refractivity contribution is -0.123. The van der Waals surface area contributed by atoms with Gasteiger partial charge in [0.25, 0.3) is 0 Å². The number of Topliss-reactive ketones (excluding diaryl/α,β-unsaturated/α-hetero) is 1. The third-order valence-corrected chi connectivity index (χ3v) is 5.37. The Balaban J connectivity index is 1.89. The van der Waals surface area contributed by atoms with Gasteiger partial charge in [-0.3, -0.25) is 10.2 Å². The second-order valence-electron chi connectivity index (χ2n) is 6.45. The van der Waals surface area contributed by atoms with Gasteiger partial charge in [0.2, 0.25) is 0 Å². The van der Waals surface area contributed by atoms with Gasteiger partial charge in [0.1, 0.15) is 5.71 Å². The number of ketones is 1. The number of benzene rings is 1. The van der Waals surface area contributed by atoms with E-state index in [0.29, 0.717) is 5.92 Å². The fourth-order valence-electron chi connectivity index (χ4n) is 3.59. The zero-order valence-corrected chi connectivity index (χ0v) is 11.7. The van der Waals surface area contributed by atoms with Crippen LogP contribution in [-0.2, 0) is 4.79 Å². The molecule has 2 aliphatic rings. The Morgan fingerprint density at radius 3 is 2.47 bits per heavy atom. The second kappa shape index (κ2) is 3.92. The van der Waals surface area contributed by atoms with Gasteiger partial charge in [-0.05, 0) is 30.4 Å². The molecular formula is C16H20N2O. The molecule has 0 radical (unpaired) electrons. The van der Waals surface area contributed by atoms with Crippen LogP contribution in [0.4, 0.5) is 5.69 Å². The van der Waals surface area contributed by atoms with Crippen molar-refractivity contribution in [2.24, 2.45) is 21.8 Å². The summed E-state index contributed by atoms with van der Waals surface area (Å²) in [7, 11) is 0. The Labute approximate surface area is 114 Å². The van der Waals surface area contributed by atoms with E-state index in [1.165, 1.54) is 0 Å². The molecule has 100 valence electrons. The van der Waals surface area contributed by atoms with Crippen LogP contribution in [-0.4, -0.2) is 11.5 Å². The predicted molar refractivity (Wildman–Crippen MR) is 77.1 cm³/mol. The van der Waals surface area contributed by atoms with Crippen LogP contribution in [0.3, 0.4) is 0 Å². The van der Waals surface area contributed by atoms with Gasteiger partial charge in [0.05, 0.1) is 5.69 Å². The van der Waals surface area contributed by atoms with Gasteiger partial charge in [-0.15, -0.1) is 0 Å². The number of anilines is 1. The van der Waals surface area contributed by atoms with Crippen LogP contribution in [0.15, 0.2) is 35.4 Å². The first-order valence-electron chi connectivity index (χ1n) is 6.90. The lowest BCUT2D eigenvalue weighted by atomic mass is 9.70. The van der Waals surface area contributed by atoms with E-state index in [-0.39, 0.29) is 16.6 Å². The fraction of sp³-hybridized carbons (Fsp3) is 0.500. The number of rotatable bonds is 2. The molecule has 2 bridgehead atoms. The number of fused-ring (bicyclic) bond motifs is 2. The molecule has 3 rings (SSSR count). The highest BCUT2D eigenvalue weighted by Crippen LogP contribution is 2.62. The molecule has 1 N–H and O–H groups in total. The molecular weight excluding hydrogens is 236 g/mol. The summed E-state index contributed by atoms with van der Waals surface area (Å²) in [6.07, 6.45) is 2.07. The molecule has 2 fully saturated rings. The maximum Gasteiger partial charge on any atom is 0.185 e. The summed E-state index contributed by atoms with van der Waals surface area (Å²) in [6, 6.07) is 9.78. The molecule has 3 heteroatoms. The topological polar surface area (TPSA) is 41.5 Å². The van der Waals surface area contributed by atoms with Gasteiger partial charge < -0.3 is 0 Å². The largest absolute Gasteiger partial charge is 0.292 e. The first kappa shape index (κ1) is 12.4. The summed E-state index contributed by atoms with van der Waals surface area (Å²) in [6.45, 7) is 6.50. The van der Waals surface area contributed by atoms with Crippen molar-refractivity contribution < 1.29 is 4.79 Å². The van der Waals surface area contributed by atoms with Crippen molar-refractivity contribution in [2.45, 2.75) is 33.6 Å². The summed E-state index contributed by atoms with van der Waals surface area (Å²) in [4.78, 5) is 12.6. The quantitative estimate of drug-likeness (QED) is 0.823. The van der Waals surface area contributed by atoms with E-state index in [2.05, 4.69) is 31.3 Å². The smallest absolute Gasteiger partial charge is 0.185 e. The Morgan fingerprint density at radius 2 is 1.89 bits per heavy atom. The van der Waals surface area contributed by atoms with Crippen LogP contribution in [0.1, 0.15) is 33.6 Å². The molecule has 19 heavy (non-hydrogen) atoms. The molecule has 0 saturated heterocycles. The van der Waals surface area contributed by atoms with E-state index in [4.69, 9.17) is 0 Å². The maximum atomic E-state index is 12.6. The Bertz CT molecular complexity index is 547. The Kier molecular flexibility index (Phi) is 2.56. The first-order valence-corrected chi connectivity index (χ1v) is 6.90. The number of carbonyl (C=O) groups excluding carboxylic acids is 1. The summed E-state index contributed by atoms with van der Waals surface area (Å²) in [5.41, 5.74) is 4.49. The predicted octanol–water partition coefficient (Wildman–Crippen LogP) is 3.48. The standard InChI is InChI=1S/C16H20N2O/c1-15(2)12-9-10-16(15,3)14(19)13(12)18-17-11-7-5-4-6-8-11/h4-8,12,17H,9-10H2,1-3H3/b18-13+/t12-,16-/m0/s1. The number of nitrogens with one attached hydrogen (secondary N) is 1. The highest BCUT2D eigenvalue weighted by Gasteiger charge is 2.65. The fourth-order valence-corrected chi connectivity index (χ4v) is 3.59. The minimum absolute atomic E-state index is 0.0291. The molecule has 0 spiro atoms. The van der Waals surface area contributed by atoms with Crippen LogP contribution < -0.4 is 5.43 Å². The number of carbonyl (C=O) groups is 1. The number of para-hydroxylation sites is 1. The van der Waals surface area contributed by atoms with Crippen molar-refractivity contribution in [3.8, 4) is 0 Å². The van der Waals surface area contributed by atoms with Crippen LogP contribution >= 0.6 is 0 Å². The number of hydrogen-bond donors (Lipinski definition) is 1. The van der Waals surface area contributed by atoms with E-state index in [9.17, 15) is 4.79 Å². The van der Waals surface area contributed by atoms with E-state index in [1.807, 2.05) is 30.3 Å². The summed E-state index contributed by atoms with van der Waals surface area (Å²) >= 11 is 0. The molecule has 3 nitrogen and oxygen atoms in total. The average Bonchev–Trinajstić information content (AvgIpc) is 2.70. The summed E-state index contributed by atoms with van der Waals surface area (Å²) in [5, 5.41) is 4.42. The summed E-state index contributed by atoms with van der Waals surface area (Å²) < 4.78 is 0. The molecule has 0 amide bonds. The maximum absolute atomic E-state index is 12.6. The number of hydrogen-bond acceptors (Lipinski definition) is 3. The number of hydrazone groups is 1. The van der Waals surface area contributed by atoms with E-state index < -0.39 is 0 Å². The minimum atomic E-state index is -0.227. The highest BCUT2D eigenvalue weighted by atomic mass is 16.1. The van der Waals surface area contributed by atoms with Gasteiger partial charge >= 0.3 is 0 Å². The van der Waals surface area contributed by atoms with Crippen molar-refractivity contribution in [3.05, 3.63) is 30.3 Å². The van der Waals surface area contributed by atoms with Crippen molar-refractivity contribution in [1.29, 1.82) is 0 Å². The molecule has 0 unspecified atom stereocenters. The van der Waals surface area contributed by atoms with Gasteiger partial charge in [-0.2, -0.15) is 5.10 Å². The third kappa shape index (κ3) is 1.57. The molecule has 0 heterocycles. The Morgan fingerprint density at radius 1 is 1.21 bits per heavy atom. The van der Waals surface area contributed by atoms with Crippen LogP contribution in [0.2, 0.25) is 0 Å². The molecule has 2 atom stereocenters. The number of nitrogens with zero attached hydrogens (tertiary/aromatic N) is 1. The van der Waals surface area contributed by atoms with Crippen molar-refractivity contribution in [2.75, 3.05) is 5.43 Å². The van der Waals surface area contributed by atoms with Gasteiger partial charge in [0.15, 0.2) is 5.78 Å². The summed E-state index contributed by atoms with van der Waals surface area (Å²) in [5.74, 6) is 0.526.